The van der Waals surface area contributed by atoms with Crippen molar-refractivity contribution in [3.05, 3.63) is 0 Å². The minimum Gasteiger partial charge on any atom is -0.469 e. The number of rotatable bonds is 8. The number of amides is 1. The van der Waals surface area contributed by atoms with E-state index in [0.29, 0.717) is 11.8 Å². The first-order valence-electron chi connectivity index (χ1n) is 7.61. The molecule has 118 valence electrons. The van der Waals surface area contributed by atoms with Crippen molar-refractivity contribution in [2.75, 3.05) is 7.11 Å². The Kier molecular flexibility index (Phi) is 8.51. The van der Waals surface area contributed by atoms with Crippen LogP contribution in [0.3, 0.4) is 0 Å². The molecule has 0 aromatic rings. The summed E-state index contributed by atoms with van der Waals surface area (Å²) in [6.45, 7) is 12.4. The van der Waals surface area contributed by atoms with Gasteiger partial charge in [0.2, 0.25) is 5.91 Å². The lowest BCUT2D eigenvalue weighted by atomic mass is 9.87. The van der Waals surface area contributed by atoms with Crippen LogP contribution in [0.15, 0.2) is 0 Å². The molecule has 0 aliphatic carbocycles. The fourth-order valence-corrected chi connectivity index (χ4v) is 2.39. The minimum absolute atomic E-state index is 0.0376. The number of ether oxygens (including phenoxy) is 1. The van der Waals surface area contributed by atoms with Crippen molar-refractivity contribution in [2.45, 2.75) is 60.4 Å². The third-order valence-electron chi connectivity index (χ3n) is 4.04. The van der Waals surface area contributed by atoms with Crippen LogP contribution in [-0.4, -0.2) is 25.0 Å². The molecule has 0 saturated heterocycles. The van der Waals surface area contributed by atoms with Gasteiger partial charge in [-0.25, -0.2) is 0 Å². The summed E-state index contributed by atoms with van der Waals surface area (Å²) >= 11 is 0. The van der Waals surface area contributed by atoms with Gasteiger partial charge in [-0.3, -0.25) is 9.59 Å². The van der Waals surface area contributed by atoms with Gasteiger partial charge in [0.25, 0.3) is 0 Å². The largest absolute Gasteiger partial charge is 0.469 e. The van der Waals surface area contributed by atoms with Gasteiger partial charge in [-0.2, -0.15) is 0 Å². The molecule has 0 heterocycles. The molecule has 1 unspecified atom stereocenters. The zero-order valence-corrected chi connectivity index (χ0v) is 14.0. The molecule has 0 spiro atoms. The fourth-order valence-electron chi connectivity index (χ4n) is 2.39. The minimum atomic E-state index is -0.330. The Morgan fingerprint density at radius 3 is 1.95 bits per heavy atom. The summed E-state index contributed by atoms with van der Waals surface area (Å²) in [4.78, 5) is 23.9. The molecule has 20 heavy (non-hydrogen) atoms. The van der Waals surface area contributed by atoms with Crippen LogP contribution >= 0.6 is 0 Å². The maximum atomic E-state index is 12.5. The monoisotopic (exact) mass is 285 g/mol. The number of methoxy groups -OCH3 is 1. The summed E-state index contributed by atoms with van der Waals surface area (Å²) in [6, 6.07) is 0.145. The van der Waals surface area contributed by atoms with E-state index in [1.54, 1.807) is 0 Å². The van der Waals surface area contributed by atoms with Crippen LogP contribution in [0.25, 0.3) is 0 Å². The number of nitrogens with one attached hydrogen (secondary N) is 1. The summed E-state index contributed by atoms with van der Waals surface area (Å²) in [7, 11) is 1.35. The lowest BCUT2D eigenvalue weighted by Crippen LogP contribution is -2.46. The van der Waals surface area contributed by atoms with E-state index in [1.165, 1.54) is 7.11 Å². The van der Waals surface area contributed by atoms with E-state index in [9.17, 15) is 9.59 Å². The number of hydrogen-bond donors (Lipinski definition) is 1. The normalized spacial score (nSPS) is 15.8. The zero-order chi connectivity index (χ0) is 15.9. The second kappa shape index (κ2) is 8.98. The summed E-state index contributed by atoms with van der Waals surface area (Å²) in [5.74, 6) is 0.212. The predicted octanol–water partition coefficient (Wildman–Crippen LogP) is 3.01. The Morgan fingerprint density at radius 2 is 1.60 bits per heavy atom. The maximum absolute atomic E-state index is 12.5. The third-order valence-corrected chi connectivity index (χ3v) is 4.04. The molecule has 1 N–H and O–H groups in total. The summed E-state index contributed by atoms with van der Waals surface area (Å²) in [5, 5.41) is 3.13. The second-order valence-corrected chi connectivity index (χ2v) is 6.29. The van der Waals surface area contributed by atoms with Gasteiger partial charge in [-0.15, -0.1) is 0 Å². The Balaban J connectivity index is 4.84. The molecule has 0 bridgehead atoms. The van der Waals surface area contributed by atoms with Gasteiger partial charge in [0, 0.05) is 6.04 Å². The average Bonchev–Trinajstić information content (AvgIpc) is 2.39. The average molecular weight is 285 g/mol. The number of hydrogen-bond acceptors (Lipinski definition) is 3. The molecule has 0 radical (unpaired) electrons. The Hall–Kier alpha value is -1.06. The van der Waals surface area contributed by atoms with Gasteiger partial charge in [-0.1, -0.05) is 48.0 Å². The molecule has 0 aromatic carbocycles. The molecule has 0 rings (SSSR count). The SMILES string of the molecule is CCC(C)[C@H](NC(=O)[C@H](CC(=O)OC)C(C)C)C(C)C. The van der Waals surface area contributed by atoms with E-state index in [2.05, 4.69) is 37.7 Å². The van der Waals surface area contributed by atoms with Crippen LogP contribution in [-0.2, 0) is 14.3 Å². The summed E-state index contributed by atoms with van der Waals surface area (Å²) in [5.41, 5.74) is 0. The number of carbonyl (C=O) groups is 2. The molecule has 4 nitrogen and oxygen atoms in total. The van der Waals surface area contributed by atoms with Gasteiger partial charge < -0.3 is 10.1 Å². The van der Waals surface area contributed by atoms with Crippen molar-refractivity contribution in [1.29, 1.82) is 0 Å². The quantitative estimate of drug-likeness (QED) is 0.697. The van der Waals surface area contributed by atoms with E-state index < -0.39 is 0 Å². The zero-order valence-electron chi connectivity index (χ0n) is 14.0. The van der Waals surface area contributed by atoms with Gasteiger partial charge in [0.15, 0.2) is 0 Å². The molecular weight excluding hydrogens is 254 g/mol. The van der Waals surface area contributed by atoms with Gasteiger partial charge in [0.1, 0.15) is 0 Å². The highest BCUT2D eigenvalue weighted by Gasteiger charge is 2.29. The van der Waals surface area contributed by atoms with Crippen LogP contribution in [0.1, 0.15) is 54.4 Å². The fraction of sp³-hybridized carbons (Fsp3) is 0.875. The molecule has 0 fully saturated rings. The highest BCUT2D eigenvalue weighted by molar-refractivity contribution is 5.84. The van der Waals surface area contributed by atoms with Gasteiger partial charge >= 0.3 is 5.97 Å². The molecule has 3 atom stereocenters. The van der Waals surface area contributed by atoms with E-state index in [-0.39, 0.29) is 36.2 Å². The van der Waals surface area contributed by atoms with Crippen LogP contribution in [0, 0.1) is 23.7 Å². The Labute approximate surface area is 123 Å². The van der Waals surface area contributed by atoms with Crippen molar-refractivity contribution in [1.82, 2.24) is 5.32 Å². The van der Waals surface area contributed by atoms with Gasteiger partial charge in [0.05, 0.1) is 19.4 Å². The van der Waals surface area contributed by atoms with E-state index in [1.807, 2.05) is 13.8 Å². The standard InChI is InChI=1S/C16H31NO3/c1-8-12(6)15(11(4)5)17-16(19)13(10(2)3)9-14(18)20-7/h10-13,15H,8-9H2,1-7H3,(H,17,19)/t12?,13-,15-/m1/s1. The molecule has 0 aromatic heterocycles. The van der Waals surface area contributed by atoms with Crippen molar-refractivity contribution < 1.29 is 14.3 Å². The highest BCUT2D eigenvalue weighted by Crippen LogP contribution is 2.20. The summed E-state index contributed by atoms with van der Waals surface area (Å²) < 4.78 is 4.68. The van der Waals surface area contributed by atoms with Crippen LogP contribution in [0.5, 0.6) is 0 Å². The molecular formula is C16H31NO3. The lowest BCUT2D eigenvalue weighted by Gasteiger charge is -2.30. The van der Waals surface area contributed by atoms with E-state index in [4.69, 9.17) is 0 Å². The predicted molar refractivity (Wildman–Crippen MR) is 81.2 cm³/mol. The summed E-state index contributed by atoms with van der Waals surface area (Å²) in [6.07, 6.45) is 1.16. The first kappa shape index (κ1) is 18.9. The second-order valence-electron chi connectivity index (χ2n) is 6.29. The maximum Gasteiger partial charge on any atom is 0.306 e. The first-order valence-corrected chi connectivity index (χ1v) is 7.61. The molecule has 4 heteroatoms. The van der Waals surface area contributed by atoms with Crippen LogP contribution in [0.2, 0.25) is 0 Å². The third kappa shape index (κ3) is 5.93. The van der Waals surface area contributed by atoms with E-state index >= 15 is 0 Å². The van der Waals surface area contributed by atoms with Gasteiger partial charge in [-0.05, 0) is 17.8 Å². The van der Waals surface area contributed by atoms with Crippen LogP contribution < -0.4 is 5.32 Å². The number of carbonyl (C=O) groups excluding carboxylic acids is 2. The van der Waals surface area contributed by atoms with Crippen molar-refractivity contribution in [2.24, 2.45) is 23.7 Å². The Morgan fingerprint density at radius 1 is 1.05 bits per heavy atom. The lowest BCUT2D eigenvalue weighted by molar-refractivity contribution is -0.145. The van der Waals surface area contributed by atoms with Crippen molar-refractivity contribution >= 4 is 11.9 Å². The first-order chi connectivity index (χ1) is 9.24. The number of esters is 1. The van der Waals surface area contributed by atoms with Crippen LogP contribution in [0.4, 0.5) is 0 Å². The molecule has 0 aliphatic heterocycles. The molecule has 1 amide bonds. The van der Waals surface area contributed by atoms with Crippen molar-refractivity contribution in [3.63, 3.8) is 0 Å². The smallest absolute Gasteiger partial charge is 0.306 e. The molecule has 0 saturated carbocycles. The molecule has 0 aliphatic rings. The van der Waals surface area contributed by atoms with E-state index in [0.717, 1.165) is 6.42 Å². The Bertz CT molecular complexity index is 313. The topological polar surface area (TPSA) is 55.4 Å². The highest BCUT2D eigenvalue weighted by atomic mass is 16.5. The van der Waals surface area contributed by atoms with Crippen molar-refractivity contribution in [3.8, 4) is 0 Å².